The molecule has 0 bridgehead atoms. The van der Waals surface area contributed by atoms with Crippen molar-refractivity contribution in [2.75, 3.05) is 19.0 Å². The van der Waals surface area contributed by atoms with Crippen molar-refractivity contribution in [2.24, 2.45) is 0 Å². The summed E-state index contributed by atoms with van der Waals surface area (Å²) in [6, 6.07) is 25.4. The average Bonchev–Trinajstić information content (AvgIpc) is 2.73. The maximum absolute atomic E-state index is 9.74. The fourth-order valence-corrected chi connectivity index (χ4v) is 3.71. The third kappa shape index (κ3) is 3.12. The Hall–Kier alpha value is -3.57. The van der Waals surface area contributed by atoms with Gasteiger partial charge in [0.2, 0.25) is 0 Å². The van der Waals surface area contributed by atoms with Gasteiger partial charge in [0.1, 0.15) is 6.07 Å². The topological polar surface area (TPSA) is 27.0 Å². The summed E-state index contributed by atoms with van der Waals surface area (Å²) in [5.74, 6) is 0. The molecule has 28 heavy (non-hydrogen) atoms. The van der Waals surface area contributed by atoms with Crippen LogP contribution in [-0.2, 0) is 0 Å². The number of hydrogen-bond acceptors (Lipinski definition) is 2. The van der Waals surface area contributed by atoms with E-state index in [0.717, 1.165) is 32.7 Å². The first-order chi connectivity index (χ1) is 13.6. The lowest BCUT2D eigenvalue weighted by atomic mass is 9.92. The molecule has 4 aromatic carbocycles. The van der Waals surface area contributed by atoms with E-state index < -0.39 is 0 Å². The van der Waals surface area contributed by atoms with Crippen molar-refractivity contribution in [1.29, 1.82) is 5.26 Å². The maximum atomic E-state index is 9.74. The molecule has 0 aromatic heterocycles. The third-order valence-electron chi connectivity index (χ3n) is 5.31. The van der Waals surface area contributed by atoms with E-state index in [1.165, 1.54) is 16.8 Å². The summed E-state index contributed by atoms with van der Waals surface area (Å²) in [6.07, 6.45) is 4.26. The standard InChI is InChI=1S/C26H22N2/c1-18-22-6-4-5-7-23(22)26(17-27)24-15-12-20(16-25(18)24)9-8-19-10-13-21(14-11-19)28(2)3/h4-16H,1-3H3. The quantitative estimate of drug-likeness (QED) is 0.311. The Kier molecular flexibility index (Phi) is 4.59. The number of rotatable bonds is 3. The van der Waals surface area contributed by atoms with Crippen molar-refractivity contribution in [1.82, 2.24) is 0 Å². The SMILES string of the molecule is Cc1c2ccccc2c(C#N)c2ccc(C=Cc3ccc(N(C)C)cc3)cc12. The van der Waals surface area contributed by atoms with Gasteiger partial charge in [0, 0.05) is 30.6 Å². The van der Waals surface area contributed by atoms with Gasteiger partial charge >= 0.3 is 0 Å². The molecule has 0 spiro atoms. The van der Waals surface area contributed by atoms with Crippen molar-refractivity contribution in [3.05, 3.63) is 89.0 Å². The summed E-state index contributed by atoms with van der Waals surface area (Å²) < 4.78 is 0. The van der Waals surface area contributed by atoms with Crippen LogP contribution in [-0.4, -0.2) is 14.1 Å². The normalized spacial score (nSPS) is 11.2. The minimum atomic E-state index is 0.756. The molecule has 2 heteroatoms. The van der Waals surface area contributed by atoms with Crippen LogP contribution in [0.1, 0.15) is 22.3 Å². The number of nitriles is 1. The van der Waals surface area contributed by atoms with Gasteiger partial charge in [-0.05, 0) is 52.6 Å². The highest BCUT2D eigenvalue weighted by Crippen LogP contribution is 2.33. The molecule has 0 fully saturated rings. The second-order valence-corrected chi connectivity index (χ2v) is 7.28. The zero-order valence-electron chi connectivity index (χ0n) is 16.4. The Morgan fingerprint density at radius 1 is 0.750 bits per heavy atom. The molecule has 0 aliphatic carbocycles. The molecule has 0 saturated carbocycles. The molecule has 4 aromatic rings. The van der Waals surface area contributed by atoms with Crippen LogP contribution >= 0.6 is 0 Å². The molecule has 4 rings (SSSR count). The van der Waals surface area contributed by atoms with Crippen LogP contribution in [0.5, 0.6) is 0 Å². The third-order valence-corrected chi connectivity index (χ3v) is 5.31. The largest absolute Gasteiger partial charge is 0.378 e. The lowest BCUT2D eigenvalue weighted by Crippen LogP contribution is -2.07. The molecule has 0 saturated heterocycles. The minimum Gasteiger partial charge on any atom is -0.378 e. The van der Waals surface area contributed by atoms with E-state index in [-0.39, 0.29) is 0 Å². The van der Waals surface area contributed by atoms with Crippen LogP contribution in [0.3, 0.4) is 0 Å². The van der Waals surface area contributed by atoms with Gasteiger partial charge in [-0.1, -0.05) is 60.7 Å². The van der Waals surface area contributed by atoms with E-state index in [1.54, 1.807) is 0 Å². The van der Waals surface area contributed by atoms with Crippen molar-refractivity contribution in [2.45, 2.75) is 6.92 Å². The van der Waals surface area contributed by atoms with Gasteiger partial charge in [-0.2, -0.15) is 5.26 Å². The monoisotopic (exact) mass is 362 g/mol. The Labute approximate surface area is 166 Å². The number of aryl methyl sites for hydroxylation is 1. The van der Waals surface area contributed by atoms with Gasteiger partial charge in [-0.3, -0.25) is 0 Å². The first-order valence-corrected chi connectivity index (χ1v) is 9.39. The summed E-state index contributed by atoms with van der Waals surface area (Å²) in [4.78, 5) is 2.09. The summed E-state index contributed by atoms with van der Waals surface area (Å²) >= 11 is 0. The molecule has 136 valence electrons. The average molecular weight is 362 g/mol. The van der Waals surface area contributed by atoms with E-state index in [9.17, 15) is 5.26 Å². The molecule has 0 unspecified atom stereocenters. The summed E-state index contributed by atoms with van der Waals surface area (Å²) in [6.45, 7) is 2.14. The molecule has 0 heterocycles. The molecule has 0 radical (unpaired) electrons. The molecule has 2 nitrogen and oxygen atoms in total. The highest BCUT2D eigenvalue weighted by Gasteiger charge is 2.11. The van der Waals surface area contributed by atoms with Crippen molar-refractivity contribution >= 4 is 39.4 Å². The molecule has 0 N–H and O–H groups in total. The number of anilines is 1. The molecule has 0 aliphatic heterocycles. The Morgan fingerprint density at radius 3 is 2.04 bits per heavy atom. The summed E-state index contributed by atoms with van der Waals surface area (Å²) in [5, 5.41) is 14.1. The van der Waals surface area contributed by atoms with Crippen LogP contribution in [0.4, 0.5) is 5.69 Å². The van der Waals surface area contributed by atoms with E-state index in [1.807, 2.05) is 32.3 Å². The zero-order valence-corrected chi connectivity index (χ0v) is 16.4. The minimum absolute atomic E-state index is 0.756. The molecule has 0 atom stereocenters. The summed E-state index contributed by atoms with van der Waals surface area (Å²) in [5.41, 5.74) is 5.46. The molecule has 0 aliphatic rings. The van der Waals surface area contributed by atoms with Crippen LogP contribution in [0.15, 0.2) is 66.7 Å². The number of hydrogen-bond donors (Lipinski definition) is 0. The number of benzene rings is 4. The van der Waals surface area contributed by atoms with Crippen LogP contribution in [0.2, 0.25) is 0 Å². The summed E-state index contributed by atoms with van der Waals surface area (Å²) in [7, 11) is 4.09. The van der Waals surface area contributed by atoms with Gasteiger partial charge in [-0.15, -0.1) is 0 Å². The second kappa shape index (κ2) is 7.21. The fraction of sp³-hybridized carbons (Fsp3) is 0.115. The fourth-order valence-electron chi connectivity index (χ4n) is 3.71. The first-order valence-electron chi connectivity index (χ1n) is 9.39. The molecule has 0 amide bonds. The first kappa shape index (κ1) is 17.8. The lowest BCUT2D eigenvalue weighted by molar-refractivity contribution is 1.13. The van der Waals surface area contributed by atoms with E-state index in [0.29, 0.717) is 0 Å². The highest BCUT2D eigenvalue weighted by atomic mass is 15.1. The smallest absolute Gasteiger partial charge is 0.100 e. The van der Waals surface area contributed by atoms with E-state index in [4.69, 9.17) is 0 Å². The molecular weight excluding hydrogens is 340 g/mol. The van der Waals surface area contributed by atoms with Gasteiger partial charge in [0.05, 0.1) is 5.56 Å². The highest BCUT2D eigenvalue weighted by molar-refractivity contribution is 6.08. The van der Waals surface area contributed by atoms with E-state index in [2.05, 4.69) is 78.6 Å². The Bertz CT molecular complexity index is 1240. The maximum Gasteiger partial charge on any atom is 0.100 e. The van der Waals surface area contributed by atoms with Gasteiger partial charge in [0.25, 0.3) is 0 Å². The van der Waals surface area contributed by atoms with Crippen LogP contribution in [0, 0.1) is 18.3 Å². The van der Waals surface area contributed by atoms with Crippen LogP contribution in [0.25, 0.3) is 33.7 Å². The Morgan fingerprint density at radius 2 is 1.36 bits per heavy atom. The molecular formula is C26H22N2. The van der Waals surface area contributed by atoms with Crippen LogP contribution < -0.4 is 4.90 Å². The van der Waals surface area contributed by atoms with E-state index >= 15 is 0 Å². The predicted octanol–water partition coefficient (Wildman–Crippen LogP) is 6.41. The van der Waals surface area contributed by atoms with Crippen molar-refractivity contribution < 1.29 is 0 Å². The second-order valence-electron chi connectivity index (χ2n) is 7.28. The van der Waals surface area contributed by atoms with Gasteiger partial charge in [-0.25, -0.2) is 0 Å². The van der Waals surface area contributed by atoms with Gasteiger partial charge < -0.3 is 4.90 Å². The Balaban J connectivity index is 1.78. The number of fused-ring (bicyclic) bond motifs is 2. The van der Waals surface area contributed by atoms with Crippen molar-refractivity contribution in [3.63, 3.8) is 0 Å². The zero-order chi connectivity index (χ0) is 19.7. The van der Waals surface area contributed by atoms with Gasteiger partial charge in [0.15, 0.2) is 0 Å². The van der Waals surface area contributed by atoms with Crippen molar-refractivity contribution in [3.8, 4) is 6.07 Å². The lowest BCUT2D eigenvalue weighted by Gasteiger charge is -2.12. The number of nitrogens with zero attached hydrogens (tertiary/aromatic N) is 2. The predicted molar refractivity (Wildman–Crippen MR) is 121 cm³/mol.